The fourth-order valence-corrected chi connectivity index (χ4v) is 3.42. The molecule has 0 aromatic heterocycles. The largest absolute Gasteiger partial charge is 0.339 e. The molecule has 0 radical (unpaired) electrons. The normalized spacial score (nSPS) is 27.0. The maximum absolute atomic E-state index is 12.5. The average molecular weight is 295 g/mol. The summed E-state index contributed by atoms with van der Waals surface area (Å²) < 4.78 is 0. The molecular formula is C16H29N3O2. The van der Waals surface area contributed by atoms with E-state index in [0.717, 1.165) is 32.2 Å². The number of hydrogen-bond acceptors (Lipinski definition) is 3. The summed E-state index contributed by atoms with van der Waals surface area (Å²) in [6.45, 7) is 7.34. The highest BCUT2D eigenvalue weighted by atomic mass is 16.2. The average Bonchev–Trinajstić information content (AvgIpc) is 2.53. The molecule has 5 nitrogen and oxygen atoms in total. The Balaban J connectivity index is 1.79. The second-order valence-electron chi connectivity index (χ2n) is 6.76. The van der Waals surface area contributed by atoms with Crippen LogP contribution in [0.3, 0.4) is 0 Å². The summed E-state index contributed by atoms with van der Waals surface area (Å²) in [5, 5.41) is 0. The van der Waals surface area contributed by atoms with Crippen molar-refractivity contribution in [3.05, 3.63) is 0 Å². The van der Waals surface area contributed by atoms with Gasteiger partial charge in [-0.25, -0.2) is 0 Å². The first-order valence-corrected chi connectivity index (χ1v) is 8.30. The molecule has 1 saturated heterocycles. The van der Waals surface area contributed by atoms with Crippen LogP contribution in [-0.2, 0) is 9.59 Å². The van der Waals surface area contributed by atoms with Gasteiger partial charge in [-0.05, 0) is 38.1 Å². The van der Waals surface area contributed by atoms with Crippen molar-refractivity contribution in [2.24, 2.45) is 23.5 Å². The van der Waals surface area contributed by atoms with Crippen LogP contribution in [0.4, 0.5) is 0 Å². The molecule has 2 fully saturated rings. The van der Waals surface area contributed by atoms with E-state index in [1.165, 1.54) is 0 Å². The minimum atomic E-state index is 0.0405. The molecule has 5 heteroatoms. The van der Waals surface area contributed by atoms with Crippen LogP contribution >= 0.6 is 0 Å². The van der Waals surface area contributed by atoms with E-state index in [1.807, 2.05) is 23.6 Å². The summed E-state index contributed by atoms with van der Waals surface area (Å²) in [7, 11) is 0. The molecular weight excluding hydrogens is 266 g/mol. The maximum atomic E-state index is 12.5. The summed E-state index contributed by atoms with van der Waals surface area (Å²) in [4.78, 5) is 28.4. The molecule has 0 aromatic rings. The minimum Gasteiger partial charge on any atom is -0.339 e. The van der Waals surface area contributed by atoms with Gasteiger partial charge in [-0.1, -0.05) is 13.8 Å². The van der Waals surface area contributed by atoms with Crippen LogP contribution in [0.1, 0.15) is 39.5 Å². The van der Waals surface area contributed by atoms with Crippen molar-refractivity contribution in [2.45, 2.75) is 39.5 Å². The third-order valence-electron chi connectivity index (χ3n) is 4.93. The van der Waals surface area contributed by atoms with E-state index < -0.39 is 0 Å². The molecule has 0 atom stereocenters. The molecule has 0 unspecified atom stereocenters. The fraction of sp³-hybridized carbons (Fsp3) is 0.875. The van der Waals surface area contributed by atoms with Gasteiger partial charge >= 0.3 is 0 Å². The van der Waals surface area contributed by atoms with Crippen molar-refractivity contribution in [3.63, 3.8) is 0 Å². The maximum Gasteiger partial charge on any atom is 0.225 e. The van der Waals surface area contributed by atoms with Gasteiger partial charge in [0.2, 0.25) is 11.8 Å². The second-order valence-corrected chi connectivity index (χ2v) is 6.76. The highest BCUT2D eigenvalue weighted by Crippen LogP contribution is 2.29. The standard InChI is InChI=1S/C16H29N3O2/c1-12(2)15(20)18-7-9-19(10-8-18)16(21)14-5-3-13(11-17)4-6-14/h12-14H,3-11,17H2,1-2H3/t13-,14-. The molecule has 1 heterocycles. The molecule has 2 amide bonds. The van der Waals surface area contributed by atoms with Crippen molar-refractivity contribution >= 4 is 11.8 Å². The van der Waals surface area contributed by atoms with Crippen molar-refractivity contribution in [3.8, 4) is 0 Å². The zero-order valence-corrected chi connectivity index (χ0v) is 13.4. The van der Waals surface area contributed by atoms with Gasteiger partial charge in [0.05, 0.1) is 0 Å². The van der Waals surface area contributed by atoms with Gasteiger partial charge in [0.1, 0.15) is 0 Å². The number of nitrogens with two attached hydrogens (primary N) is 1. The number of carbonyl (C=O) groups is 2. The van der Waals surface area contributed by atoms with Crippen LogP contribution in [0.2, 0.25) is 0 Å². The Bertz CT molecular complexity index is 368. The zero-order valence-electron chi connectivity index (χ0n) is 13.4. The van der Waals surface area contributed by atoms with Gasteiger partial charge in [0.25, 0.3) is 0 Å². The van der Waals surface area contributed by atoms with Crippen LogP contribution in [0, 0.1) is 17.8 Å². The van der Waals surface area contributed by atoms with E-state index in [4.69, 9.17) is 5.73 Å². The topological polar surface area (TPSA) is 66.6 Å². The van der Waals surface area contributed by atoms with Gasteiger partial charge in [0.15, 0.2) is 0 Å². The lowest BCUT2D eigenvalue weighted by Crippen LogP contribution is -2.53. The number of carbonyl (C=O) groups excluding carboxylic acids is 2. The summed E-state index contributed by atoms with van der Waals surface area (Å²) >= 11 is 0. The quantitative estimate of drug-likeness (QED) is 0.847. The van der Waals surface area contributed by atoms with Crippen LogP contribution in [0.25, 0.3) is 0 Å². The van der Waals surface area contributed by atoms with E-state index in [-0.39, 0.29) is 17.7 Å². The molecule has 1 aliphatic heterocycles. The van der Waals surface area contributed by atoms with Crippen LogP contribution in [0.5, 0.6) is 0 Å². The van der Waals surface area contributed by atoms with Gasteiger partial charge in [0, 0.05) is 38.0 Å². The monoisotopic (exact) mass is 295 g/mol. The van der Waals surface area contributed by atoms with E-state index in [9.17, 15) is 9.59 Å². The highest BCUT2D eigenvalue weighted by Gasteiger charge is 2.31. The smallest absolute Gasteiger partial charge is 0.225 e. The van der Waals surface area contributed by atoms with E-state index >= 15 is 0 Å². The third kappa shape index (κ3) is 3.96. The van der Waals surface area contributed by atoms with Crippen molar-refractivity contribution in [2.75, 3.05) is 32.7 Å². The van der Waals surface area contributed by atoms with Gasteiger partial charge in [-0.3, -0.25) is 9.59 Å². The number of piperazine rings is 1. The first-order valence-electron chi connectivity index (χ1n) is 8.30. The Morgan fingerprint density at radius 2 is 1.52 bits per heavy atom. The predicted molar refractivity (Wildman–Crippen MR) is 82.5 cm³/mol. The van der Waals surface area contributed by atoms with E-state index in [2.05, 4.69) is 0 Å². The third-order valence-corrected chi connectivity index (χ3v) is 4.93. The summed E-state index contributed by atoms with van der Waals surface area (Å²) in [6, 6.07) is 0. The van der Waals surface area contributed by atoms with Crippen LogP contribution in [-0.4, -0.2) is 54.3 Å². The molecule has 120 valence electrons. The summed E-state index contributed by atoms with van der Waals surface area (Å²) in [5.41, 5.74) is 5.70. The molecule has 0 bridgehead atoms. The highest BCUT2D eigenvalue weighted by molar-refractivity contribution is 5.80. The molecule has 1 aliphatic carbocycles. The van der Waals surface area contributed by atoms with E-state index in [1.54, 1.807) is 0 Å². The minimum absolute atomic E-state index is 0.0405. The lowest BCUT2D eigenvalue weighted by molar-refractivity contribution is -0.144. The number of nitrogens with zero attached hydrogens (tertiary/aromatic N) is 2. The second kappa shape index (κ2) is 7.25. The Kier molecular flexibility index (Phi) is 5.62. The Labute approximate surface area is 127 Å². The Hall–Kier alpha value is -1.10. The summed E-state index contributed by atoms with van der Waals surface area (Å²) in [5.74, 6) is 1.32. The van der Waals surface area contributed by atoms with Crippen molar-refractivity contribution < 1.29 is 9.59 Å². The van der Waals surface area contributed by atoms with Gasteiger partial charge in [-0.15, -0.1) is 0 Å². The number of rotatable bonds is 3. The predicted octanol–water partition coefficient (Wildman–Crippen LogP) is 1.08. The lowest BCUT2D eigenvalue weighted by atomic mass is 9.81. The molecule has 21 heavy (non-hydrogen) atoms. The zero-order chi connectivity index (χ0) is 15.4. The molecule has 2 rings (SSSR count). The SMILES string of the molecule is CC(C)C(=O)N1CCN(C(=O)[C@H]2CC[C@H](CN)CC2)CC1. The number of hydrogen-bond donors (Lipinski definition) is 1. The Morgan fingerprint density at radius 3 is 2.00 bits per heavy atom. The molecule has 0 aromatic carbocycles. The molecule has 2 aliphatic rings. The first-order chi connectivity index (χ1) is 10.0. The lowest BCUT2D eigenvalue weighted by Gasteiger charge is -2.38. The molecule has 2 N–H and O–H groups in total. The van der Waals surface area contributed by atoms with E-state index in [0.29, 0.717) is 38.0 Å². The van der Waals surface area contributed by atoms with Crippen LogP contribution < -0.4 is 5.73 Å². The fourth-order valence-electron chi connectivity index (χ4n) is 3.42. The molecule has 1 saturated carbocycles. The van der Waals surface area contributed by atoms with Gasteiger partial charge in [-0.2, -0.15) is 0 Å². The summed E-state index contributed by atoms with van der Waals surface area (Å²) in [6.07, 6.45) is 4.12. The first kappa shape index (κ1) is 16.3. The van der Waals surface area contributed by atoms with Gasteiger partial charge < -0.3 is 15.5 Å². The van der Waals surface area contributed by atoms with Crippen molar-refractivity contribution in [1.82, 2.24) is 9.80 Å². The van der Waals surface area contributed by atoms with Crippen LogP contribution in [0.15, 0.2) is 0 Å². The van der Waals surface area contributed by atoms with Crippen molar-refractivity contribution in [1.29, 1.82) is 0 Å². The molecule has 0 spiro atoms. The Morgan fingerprint density at radius 1 is 1.00 bits per heavy atom. The number of amides is 2.